The number of benzene rings is 2. The van der Waals surface area contributed by atoms with Crippen LogP contribution in [0.15, 0.2) is 42.5 Å². The molecule has 0 heterocycles. The summed E-state index contributed by atoms with van der Waals surface area (Å²) in [4.78, 5) is 35.1. The van der Waals surface area contributed by atoms with Gasteiger partial charge in [-0.1, -0.05) is 6.07 Å². The Morgan fingerprint density at radius 3 is 2.44 bits per heavy atom. The molecule has 1 amide bonds. The molecule has 0 saturated heterocycles. The van der Waals surface area contributed by atoms with Crippen LogP contribution >= 0.6 is 0 Å². The van der Waals surface area contributed by atoms with Crippen LogP contribution in [0.1, 0.15) is 17.3 Å². The molecule has 0 radical (unpaired) electrons. The highest BCUT2D eigenvalue weighted by atomic mass is 16.6. The van der Waals surface area contributed by atoms with E-state index in [4.69, 9.17) is 0 Å². The lowest BCUT2D eigenvalue weighted by Gasteiger charge is -2.16. The number of esters is 1. The van der Waals surface area contributed by atoms with Crippen LogP contribution in [-0.2, 0) is 9.53 Å². The number of amides is 1. The summed E-state index contributed by atoms with van der Waals surface area (Å²) in [6, 6.07) is 11.2. The lowest BCUT2D eigenvalue weighted by Crippen LogP contribution is -2.22. The van der Waals surface area contributed by atoms with E-state index in [9.17, 15) is 19.7 Å². The third kappa shape index (κ3) is 4.11. The molecule has 0 aromatic heterocycles. The molecule has 130 valence electrons. The van der Waals surface area contributed by atoms with Crippen LogP contribution in [0.5, 0.6) is 0 Å². The molecule has 0 bridgehead atoms. The van der Waals surface area contributed by atoms with Crippen molar-refractivity contribution in [3.8, 4) is 0 Å². The summed E-state index contributed by atoms with van der Waals surface area (Å²) in [6.07, 6.45) is 0. The lowest BCUT2D eigenvalue weighted by atomic mass is 10.1. The van der Waals surface area contributed by atoms with Gasteiger partial charge < -0.3 is 15.0 Å². The van der Waals surface area contributed by atoms with E-state index < -0.39 is 10.9 Å². The first kappa shape index (κ1) is 17.9. The fourth-order valence-electron chi connectivity index (χ4n) is 2.19. The maximum atomic E-state index is 11.8. The number of carbonyl (C=O) groups excluding carboxylic acids is 2. The molecule has 0 aliphatic rings. The number of carbonyl (C=O) groups is 2. The Bertz CT molecular complexity index is 835. The van der Waals surface area contributed by atoms with Crippen molar-refractivity contribution < 1.29 is 19.2 Å². The van der Waals surface area contributed by atoms with Crippen LogP contribution in [0, 0.1) is 10.1 Å². The van der Waals surface area contributed by atoms with Crippen LogP contribution in [0.2, 0.25) is 0 Å². The molecule has 0 unspecified atom stereocenters. The molecule has 0 spiro atoms. The number of hydrogen-bond donors (Lipinski definition) is 1. The normalized spacial score (nSPS) is 10.0. The number of anilines is 3. The Kier molecular flexibility index (Phi) is 5.33. The van der Waals surface area contributed by atoms with E-state index in [1.54, 1.807) is 31.3 Å². The van der Waals surface area contributed by atoms with Crippen molar-refractivity contribution in [3.05, 3.63) is 58.1 Å². The SMILES string of the molecule is COC(=O)c1cc(Nc2cccc(N(C)C(C)=O)c2)ccc1[N+](=O)[O-]. The summed E-state index contributed by atoms with van der Waals surface area (Å²) < 4.78 is 4.59. The molecule has 0 aliphatic carbocycles. The highest BCUT2D eigenvalue weighted by Gasteiger charge is 2.21. The van der Waals surface area contributed by atoms with Crippen LogP contribution < -0.4 is 10.2 Å². The summed E-state index contributed by atoms with van der Waals surface area (Å²) in [5.41, 5.74) is 1.36. The van der Waals surface area contributed by atoms with Gasteiger partial charge in [-0.05, 0) is 30.3 Å². The van der Waals surface area contributed by atoms with Gasteiger partial charge in [0.2, 0.25) is 5.91 Å². The predicted octanol–water partition coefficient (Wildman–Crippen LogP) is 3.11. The zero-order valence-electron chi connectivity index (χ0n) is 14.0. The van der Waals surface area contributed by atoms with E-state index in [1.807, 2.05) is 0 Å². The minimum absolute atomic E-state index is 0.111. The fourth-order valence-corrected chi connectivity index (χ4v) is 2.19. The van der Waals surface area contributed by atoms with E-state index in [-0.39, 0.29) is 17.2 Å². The maximum Gasteiger partial charge on any atom is 0.344 e. The van der Waals surface area contributed by atoms with Crippen LogP contribution in [-0.4, -0.2) is 31.0 Å². The number of hydrogen-bond acceptors (Lipinski definition) is 6. The molecule has 0 atom stereocenters. The summed E-state index contributed by atoms with van der Waals surface area (Å²) in [5, 5.41) is 14.1. The maximum absolute atomic E-state index is 11.8. The highest BCUT2D eigenvalue weighted by Crippen LogP contribution is 2.27. The molecular weight excluding hydrogens is 326 g/mol. The Morgan fingerprint density at radius 1 is 1.16 bits per heavy atom. The third-order valence-corrected chi connectivity index (χ3v) is 3.59. The van der Waals surface area contributed by atoms with Crippen LogP contribution in [0.4, 0.5) is 22.7 Å². The van der Waals surface area contributed by atoms with E-state index in [2.05, 4.69) is 10.1 Å². The molecule has 8 heteroatoms. The van der Waals surface area contributed by atoms with E-state index in [0.717, 1.165) is 7.11 Å². The fraction of sp³-hybridized carbons (Fsp3) is 0.176. The number of nitrogens with one attached hydrogen (secondary N) is 1. The minimum Gasteiger partial charge on any atom is -0.465 e. The van der Waals surface area contributed by atoms with Gasteiger partial charge in [0, 0.05) is 37.1 Å². The Morgan fingerprint density at radius 2 is 1.84 bits per heavy atom. The van der Waals surface area contributed by atoms with Gasteiger partial charge in [-0.15, -0.1) is 0 Å². The smallest absolute Gasteiger partial charge is 0.344 e. The van der Waals surface area contributed by atoms with Crippen molar-refractivity contribution in [1.29, 1.82) is 0 Å². The topological polar surface area (TPSA) is 102 Å². The van der Waals surface area contributed by atoms with Crippen molar-refractivity contribution >= 4 is 34.6 Å². The highest BCUT2D eigenvalue weighted by molar-refractivity contribution is 5.95. The first-order valence-corrected chi connectivity index (χ1v) is 7.31. The molecule has 0 aliphatic heterocycles. The van der Waals surface area contributed by atoms with Crippen molar-refractivity contribution in [2.75, 3.05) is 24.4 Å². The average molecular weight is 343 g/mol. The second-order valence-corrected chi connectivity index (χ2v) is 5.23. The molecule has 1 N–H and O–H groups in total. The van der Waals surface area contributed by atoms with Crippen LogP contribution in [0.3, 0.4) is 0 Å². The van der Waals surface area contributed by atoms with Gasteiger partial charge in [0.1, 0.15) is 5.56 Å². The molecule has 2 aromatic rings. The van der Waals surface area contributed by atoms with Gasteiger partial charge in [-0.25, -0.2) is 4.79 Å². The van der Waals surface area contributed by atoms with Crippen molar-refractivity contribution in [2.24, 2.45) is 0 Å². The van der Waals surface area contributed by atoms with Gasteiger partial charge in [0.05, 0.1) is 12.0 Å². The molecule has 0 saturated carbocycles. The number of rotatable bonds is 5. The Balaban J connectivity index is 2.35. The van der Waals surface area contributed by atoms with Crippen LogP contribution in [0.25, 0.3) is 0 Å². The molecule has 25 heavy (non-hydrogen) atoms. The third-order valence-electron chi connectivity index (χ3n) is 3.59. The Hall–Kier alpha value is -3.42. The molecule has 2 aromatic carbocycles. The van der Waals surface area contributed by atoms with Crippen molar-refractivity contribution in [1.82, 2.24) is 0 Å². The van der Waals surface area contributed by atoms with E-state index in [0.29, 0.717) is 17.1 Å². The van der Waals surface area contributed by atoms with Gasteiger partial charge in [-0.2, -0.15) is 0 Å². The predicted molar refractivity (Wildman–Crippen MR) is 93.2 cm³/mol. The van der Waals surface area contributed by atoms with E-state index >= 15 is 0 Å². The largest absolute Gasteiger partial charge is 0.465 e. The Labute approximate surface area is 144 Å². The second-order valence-electron chi connectivity index (χ2n) is 5.23. The lowest BCUT2D eigenvalue weighted by molar-refractivity contribution is -0.385. The number of methoxy groups -OCH3 is 1. The molecular formula is C17H17N3O5. The molecule has 0 fully saturated rings. The minimum atomic E-state index is -0.791. The standard InChI is InChI=1S/C17H17N3O5/c1-11(21)19(2)14-6-4-5-12(9-14)18-13-7-8-16(20(23)24)15(10-13)17(22)25-3/h4-10,18H,1-3H3. The number of ether oxygens (including phenoxy) is 1. The second kappa shape index (κ2) is 7.43. The average Bonchev–Trinajstić information content (AvgIpc) is 2.60. The van der Waals surface area contributed by atoms with Crippen molar-refractivity contribution in [2.45, 2.75) is 6.92 Å². The van der Waals surface area contributed by atoms with Crippen molar-refractivity contribution in [3.63, 3.8) is 0 Å². The van der Waals surface area contributed by atoms with Gasteiger partial charge in [0.15, 0.2) is 0 Å². The summed E-state index contributed by atoms with van der Waals surface area (Å²) >= 11 is 0. The first-order valence-electron chi connectivity index (χ1n) is 7.31. The molecule has 2 rings (SSSR count). The zero-order chi connectivity index (χ0) is 18.6. The van der Waals surface area contributed by atoms with Gasteiger partial charge >= 0.3 is 5.97 Å². The summed E-state index contributed by atoms with van der Waals surface area (Å²) in [5.74, 6) is -0.902. The number of nitro benzene ring substituents is 1. The summed E-state index contributed by atoms with van der Waals surface area (Å²) in [7, 11) is 2.82. The number of nitro groups is 1. The number of nitrogens with zero attached hydrogens (tertiary/aromatic N) is 2. The van der Waals surface area contributed by atoms with Gasteiger partial charge in [0.25, 0.3) is 5.69 Å². The zero-order valence-corrected chi connectivity index (χ0v) is 14.0. The molecule has 8 nitrogen and oxygen atoms in total. The first-order chi connectivity index (χ1) is 11.8. The monoisotopic (exact) mass is 343 g/mol. The summed E-state index contributed by atoms with van der Waals surface area (Å²) in [6.45, 7) is 1.46. The van der Waals surface area contributed by atoms with Gasteiger partial charge in [-0.3, -0.25) is 14.9 Å². The van der Waals surface area contributed by atoms with E-state index in [1.165, 1.54) is 30.0 Å². The quantitative estimate of drug-likeness (QED) is 0.508.